The van der Waals surface area contributed by atoms with Crippen molar-refractivity contribution in [1.29, 1.82) is 0 Å². The van der Waals surface area contributed by atoms with Crippen LogP contribution in [0.1, 0.15) is 290 Å². The molecule has 0 aliphatic carbocycles. The number of hydrogen-bond acceptors (Lipinski definition) is 7. The van der Waals surface area contributed by atoms with Crippen molar-refractivity contribution in [3.63, 3.8) is 0 Å². The van der Waals surface area contributed by atoms with E-state index in [1.165, 1.54) is 141 Å². The predicted octanol–water partition coefficient (Wildman–Crippen LogP) is 19.9. The second kappa shape index (κ2) is 58.4. The lowest BCUT2D eigenvalue weighted by molar-refractivity contribution is -0.870. The van der Waals surface area contributed by atoms with Gasteiger partial charge in [-0.15, -0.1) is 0 Å². The fraction of sp³-hybridized carbons (Fsp3) is 0.768. The lowest BCUT2D eigenvalue weighted by Gasteiger charge is -2.30. The molecule has 0 saturated heterocycles. The zero-order chi connectivity index (χ0) is 57.9. The summed E-state index contributed by atoms with van der Waals surface area (Å²) in [5.74, 6) is -0.556. The first kappa shape index (κ1) is 76.2. The highest BCUT2D eigenvalue weighted by atomic mass is 31.2. The number of unbranched alkanes of at least 4 members (excludes halogenated alkanes) is 31. The summed E-state index contributed by atoms with van der Waals surface area (Å²) in [5, 5.41) is 3.03. The fourth-order valence-corrected chi connectivity index (χ4v) is 9.97. The zero-order valence-corrected chi connectivity index (χ0v) is 53.2. The highest BCUT2D eigenvalue weighted by molar-refractivity contribution is 7.45. The minimum Gasteiger partial charge on any atom is -0.756 e. The van der Waals surface area contributed by atoms with Gasteiger partial charge in [0.05, 0.1) is 33.8 Å². The molecule has 9 nitrogen and oxygen atoms in total. The SMILES string of the molecule is CC/C=C\C/C=C\C/C=C\C/C=C\C/C=C\CCCCCCCCCC(=O)OC(/C=C\CCCCCCCCCCCCC)C(COP(=O)([O-])OCC[N+](C)(C)C)NC(=O)CCCCCCCCC/C=C/CCCCCCCC. The van der Waals surface area contributed by atoms with Crippen LogP contribution in [0.3, 0.4) is 0 Å². The number of ether oxygens (including phenoxy) is 1. The molecule has 0 bridgehead atoms. The van der Waals surface area contributed by atoms with E-state index in [-0.39, 0.29) is 24.9 Å². The Morgan fingerprint density at radius 2 is 0.810 bits per heavy atom. The van der Waals surface area contributed by atoms with E-state index in [0.29, 0.717) is 23.9 Å². The van der Waals surface area contributed by atoms with E-state index < -0.39 is 26.6 Å². The topological polar surface area (TPSA) is 114 Å². The third-order valence-corrected chi connectivity index (χ3v) is 15.3. The van der Waals surface area contributed by atoms with Crippen LogP contribution in [-0.2, 0) is 27.9 Å². The van der Waals surface area contributed by atoms with Gasteiger partial charge >= 0.3 is 5.97 Å². The minimum absolute atomic E-state index is 0.0277. The van der Waals surface area contributed by atoms with Gasteiger partial charge in [-0.1, -0.05) is 260 Å². The van der Waals surface area contributed by atoms with Crippen molar-refractivity contribution in [2.45, 2.75) is 303 Å². The molecule has 1 N–H and O–H groups in total. The van der Waals surface area contributed by atoms with E-state index in [1.54, 1.807) is 0 Å². The van der Waals surface area contributed by atoms with E-state index >= 15 is 0 Å². The van der Waals surface area contributed by atoms with Crippen LogP contribution in [0, 0.1) is 0 Å². The van der Waals surface area contributed by atoms with Gasteiger partial charge in [-0.3, -0.25) is 14.2 Å². The van der Waals surface area contributed by atoms with E-state index in [1.807, 2.05) is 33.3 Å². The molecule has 0 spiro atoms. The van der Waals surface area contributed by atoms with Crippen LogP contribution >= 0.6 is 7.82 Å². The maximum Gasteiger partial charge on any atom is 0.306 e. The maximum atomic E-state index is 13.6. The third kappa shape index (κ3) is 59.6. The summed E-state index contributed by atoms with van der Waals surface area (Å²) in [6.07, 6.45) is 76.9. The van der Waals surface area contributed by atoms with Crippen LogP contribution in [-0.4, -0.2) is 69.4 Å². The summed E-state index contributed by atoms with van der Waals surface area (Å²) in [6.45, 7) is 6.73. The van der Waals surface area contributed by atoms with E-state index in [4.69, 9.17) is 13.8 Å². The van der Waals surface area contributed by atoms with Gasteiger partial charge < -0.3 is 28.5 Å². The lowest BCUT2D eigenvalue weighted by Crippen LogP contribution is -2.47. The predicted molar refractivity (Wildman–Crippen MR) is 339 cm³/mol. The Labute approximate surface area is 488 Å². The Hall–Kier alpha value is -2.81. The van der Waals surface area contributed by atoms with E-state index in [2.05, 4.69) is 99.0 Å². The van der Waals surface area contributed by atoms with Gasteiger partial charge in [0.25, 0.3) is 7.82 Å². The number of nitrogens with one attached hydrogen (secondary N) is 1. The standard InChI is InChI=1S/C69H125N2O7P/c1-7-10-13-16-19-22-25-28-30-32-33-34-35-36-37-39-41-44-47-50-53-56-59-62-69(73)78-67(60-57-54-51-48-45-42-27-24-21-18-15-12-9-3)66(65-77-79(74,75)76-64-63-71(4,5)6)70-68(72)61-58-55-52-49-46-43-40-38-31-29-26-23-20-17-14-11-8-2/h10,13,19,22,28-31,33-34,36-37,57,60,66-67H,7-9,11-12,14-18,20-21,23-27,32,35,38-56,58-59,61-65H2,1-6H3,(H-,70,72,74,75)/b13-10-,22-19-,30-28-,31-29+,34-33-,37-36-,60-57-. The Bertz CT molecular complexity index is 1630. The van der Waals surface area contributed by atoms with E-state index in [9.17, 15) is 19.0 Å². The minimum atomic E-state index is -4.71. The molecule has 0 heterocycles. The number of allylic oxidation sites excluding steroid dienone is 13. The fourth-order valence-electron chi connectivity index (χ4n) is 9.25. The summed E-state index contributed by atoms with van der Waals surface area (Å²) in [5.41, 5.74) is 0. The van der Waals surface area contributed by atoms with Crippen molar-refractivity contribution in [2.75, 3.05) is 40.9 Å². The molecule has 0 aromatic rings. The Kier molecular flexibility index (Phi) is 56.3. The molecule has 0 rings (SSSR count). The third-order valence-electron chi connectivity index (χ3n) is 14.3. The normalized spacial score (nSPS) is 14.2. The number of phosphoric acid groups is 1. The van der Waals surface area contributed by atoms with Crippen molar-refractivity contribution in [1.82, 2.24) is 5.32 Å². The molecule has 0 saturated carbocycles. The molecular weight excluding hydrogens is 1000 g/mol. The van der Waals surface area contributed by atoms with Crippen LogP contribution in [0.4, 0.5) is 0 Å². The Balaban J connectivity index is 5.24. The Morgan fingerprint density at radius 1 is 0.456 bits per heavy atom. The number of nitrogens with zero attached hydrogens (tertiary/aromatic N) is 1. The molecule has 1 amide bonds. The summed E-state index contributed by atoms with van der Waals surface area (Å²) in [7, 11) is 1.17. The number of rotatable bonds is 59. The van der Waals surface area contributed by atoms with E-state index in [0.717, 1.165) is 109 Å². The highest BCUT2D eigenvalue weighted by Gasteiger charge is 2.27. The molecule has 0 aliphatic heterocycles. The summed E-state index contributed by atoms with van der Waals surface area (Å²) >= 11 is 0. The number of carbonyl (C=O) groups is 2. The van der Waals surface area contributed by atoms with Gasteiger partial charge in [-0.2, -0.15) is 0 Å². The summed E-state index contributed by atoms with van der Waals surface area (Å²) in [6, 6.07) is -0.899. The van der Waals surface area contributed by atoms with Crippen molar-refractivity contribution in [3.05, 3.63) is 85.1 Å². The lowest BCUT2D eigenvalue weighted by atomic mass is 10.0. The second-order valence-electron chi connectivity index (χ2n) is 23.2. The number of phosphoric ester groups is 1. The maximum absolute atomic E-state index is 13.6. The second-order valence-corrected chi connectivity index (χ2v) is 24.6. The van der Waals surface area contributed by atoms with Gasteiger partial charge in [-0.05, 0) is 102 Å². The first-order valence-corrected chi connectivity index (χ1v) is 34.4. The van der Waals surface area contributed by atoms with Gasteiger partial charge in [0, 0.05) is 12.8 Å². The van der Waals surface area contributed by atoms with Crippen molar-refractivity contribution in [3.8, 4) is 0 Å². The van der Waals surface area contributed by atoms with Crippen LogP contribution in [0.25, 0.3) is 0 Å². The van der Waals surface area contributed by atoms with Gasteiger partial charge in [0.2, 0.25) is 5.91 Å². The molecule has 0 fully saturated rings. The Morgan fingerprint density at radius 3 is 1.23 bits per heavy atom. The largest absolute Gasteiger partial charge is 0.756 e. The van der Waals surface area contributed by atoms with Crippen molar-refractivity contribution >= 4 is 19.7 Å². The van der Waals surface area contributed by atoms with Crippen LogP contribution in [0.15, 0.2) is 85.1 Å². The average Bonchev–Trinajstić information content (AvgIpc) is 3.41. The van der Waals surface area contributed by atoms with Gasteiger partial charge in [0.1, 0.15) is 19.3 Å². The number of quaternary nitrogens is 1. The monoisotopic (exact) mass is 1120 g/mol. The molecule has 458 valence electrons. The van der Waals surface area contributed by atoms with Crippen molar-refractivity contribution < 1.29 is 37.3 Å². The van der Waals surface area contributed by atoms with Crippen LogP contribution < -0.4 is 10.2 Å². The zero-order valence-electron chi connectivity index (χ0n) is 52.3. The molecule has 3 unspecified atom stereocenters. The molecule has 0 aliphatic rings. The molecule has 3 atom stereocenters. The highest BCUT2D eigenvalue weighted by Crippen LogP contribution is 2.38. The number of carbonyl (C=O) groups excluding carboxylic acids is 2. The first-order chi connectivity index (χ1) is 38.4. The molecule has 0 radical (unpaired) electrons. The summed E-state index contributed by atoms with van der Waals surface area (Å²) < 4.78 is 30.4. The van der Waals surface area contributed by atoms with Crippen LogP contribution in [0.5, 0.6) is 0 Å². The van der Waals surface area contributed by atoms with Gasteiger partial charge in [0.15, 0.2) is 0 Å². The number of hydrogen-bond donors (Lipinski definition) is 1. The summed E-state index contributed by atoms with van der Waals surface area (Å²) in [4.78, 5) is 40.1. The van der Waals surface area contributed by atoms with Gasteiger partial charge in [-0.25, -0.2) is 0 Å². The molecule has 0 aromatic carbocycles. The average molecular weight is 1130 g/mol. The number of likely N-dealkylation sites (N-methyl/N-ethyl adjacent to an activating group) is 1. The number of amides is 1. The van der Waals surface area contributed by atoms with Crippen molar-refractivity contribution in [2.24, 2.45) is 0 Å². The quantitative estimate of drug-likeness (QED) is 0.0212. The number of esters is 1. The molecule has 79 heavy (non-hydrogen) atoms. The first-order valence-electron chi connectivity index (χ1n) is 32.9. The smallest absolute Gasteiger partial charge is 0.306 e. The molecule has 0 aromatic heterocycles. The molecular formula is C69H125N2O7P. The van der Waals surface area contributed by atoms with Crippen LogP contribution in [0.2, 0.25) is 0 Å². The molecule has 10 heteroatoms.